The Hall–Kier alpha value is -2.17. The number of hydrogen-bond donors (Lipinski definition) is 3. The second-order valence-electron chi connectivity index (χ2n) is 5.36. The molecular weight excluding hydrogens is 276 g/mol. The Balaban J connectivity index is 2.00. The molecule has 0 aromatic heterocycles. The van der Waals surface area contributed by atoms with E-state index < -0.39 is 6.04 Å². The molecule has 2 rings (SSSR count). The van der Waals surface area contributed by atoms with Gasteiger partial charge in [-0.25, -0.2) is 0 Å². The van der Waals surface area contributed by atoms with Crippen LogP contribution >= 0.6 is 0 Å². The fourth-order valence-corrected chi connectivity index (χ4v) is 2.30. The van der Waals surface area contributed by atoms with Gasteiger partial charge in [0.2, 0.25) is 5.91 Å². The first-order valence-corrected chi connectivity index (χ1v) is 7.37. The van der Waals surface area contributed by atoms with Crippen molar-refractivity contribution < 1.29 is 9.90 Å². The highest BCUT2D eigenvalue weighted by molar-refractivity contribution is 5.96. The Bertz CT molecular complexity index is 606. The number of para-hydroxylation sites is 1. The van der Waals surface area contributed by atoms with Crippen LogP contribution in [0.25, 0.3) is 0 Å². The Morgan fingerprint density at radius 3 is 2.27 bits per heavy atom. The maximum Gasteiger partial charge on any atom is 0.243 e. The Labute approximate surface area is 131 Å². The lowest BCUT2D eigenvalue weighted by molar-refractivity contribution is -0.119. The number of aliphatic hydroxyl groups excluding tert-OH is 1. The highest BCUT2D eigenvalue weighted by Crippen LogP contribution is 2.19. The SMILES string of the molecule is Cc1cccc(C)c1NC(=O)[C@H](CO)NCc1ccccc1. The molecule has 0 unspecified atom stereocenters. The van der Waals surface area contributed by atoms with Crippen LogP contribution in [0.1, 0.15) is 16.7 Å². The van der Waals surface area contributed by atoms with E-state index in [1.165, 1.54) is 0 Å². The molecular formula is C18H22N2O2. The minimum absolute atomic E-state index is 0.226. The van der Waals surface area contributed by atoms with Crippen LogP contribution in [0.5, 0.6) is 0 Å². The fraction of sp³-hybridized carbons (Fsp3) is 0.278. The smallest absolute Gasteiger partial charge is 0.243 e. The van der Waals surface area contributed by atoms with Crippen molar-refractivity contribution in [1.29, 1.82) is 0 Å². The van der Waals surface area contributed by atoms with Crippen molar-refractivity contribution in [3.05, 3.63) is 65.2 Å². The standard InChI is InChI=1S/C18H22N2O2/c1-13-7-6-8-14(2)17(13)20-18(22)16(12-21)19-11-15-9-4-3-5-10-15/h3-10,16,19,21H,11-12H2,1-2H3,(H,20,22)/t16-/m0/s1. The summed E-state index contributed by atoms with van der Waals surface area (Å²) in [4.78, 5) is 12.3. The van der Waals surface area contributed by atoms with Crippen LogP contribution in [-0.2, 0) is 11.3 Å². The van der Waals surface area contributed by atoms with Gasteiger partial charge in [-0.05, 0) is 30.5 Å². The lowest BCUT2D eigenvalue weighted by Gasteiger charge is -2.18. The quantitative estimate of drug-likeness (QED) is 0.767. The first-order valence-electron chi connectivity index (χ1n) is 7.37. The van der Waals surface area contributed by atoms with Crippen LogP contribution in [0.15, 0.2) is 48.5 Å². The Morgan fingerprint density at radius 2 is 1.68 bits per heavy atom. The van der Waals surface area contributed by atoms with E-state index in [4.69, 9.17) is 0 Å². The van der Waals surface area contributed by atoms with Crippen molar-refractivity contribution >= 4 is 11.6 Å². The Kier molecular flexibility index (Phi) is 5.69. The molecule has 0 radical (unpaired) electrons. The molecule has 0 aliphatic rings. The highest BCUT2D eigenvalue weighted by atomic mass is 16.3. The maximum atomic E-state index is 12.3. The number of aryl methyl sites for hydroxylation is 2. The minimum atomic E-state index is -0.640. The van der Waals surface area contributed by atoms with Gasteiger partial charge >= 0.3 is 0 Å². The second kappa shape index (κ2) is 7.73. The number of benzene rings is 2. The van der Waals surface area contributed by atoms with Crippen LogP contribution in [0.2, 0.25) is 0 Å². The summed E-state index contributed by atoms with van der Waals surface area (Å²) >= 11 is 0. The summed E-state index contributed by atoms with van der Waals surface area (Å²) in [7, 11) is 0. The second-order valence-corrected chi connectivity index (χ2v) is 5.36. The predicted octanol–water partition coefficient (Wildman–Crippen LogP) is 2.39. The number of amides is 1. The van der Waals surface area contributed by atoms with Gasteiger partial charge in [0.1, 0.15) is 6.04 Å². The molecule has 3 N–H and O–H groups in total. The molecule has 0 spiro atoms. The average Bonchev–Trinajstić information content (AvgIpc) is 2.52. The molecule has 0 saturated carbocycles. The van der Waals surface area contributed by atoms with Gasteiger partial charge in [0.25, 0.3) is 0 Å². The molecule has 0 aliphatic carbocycles. The molecule has 116 valence electrons. The van der Waals surface area contributed by atoms with Gasteiger partial charge in [-0.15, -0.1) is 0 Å². The van der Waals surface area contributed by atoms with Gasteiger partial charge in [-0.1, -0.05) is 48.5 Å². The van der Waals surface area contributed by atoms with E-state index in [-0.39, 0.29) is 12.5 Å². The number of carbonyl (C=O) groups excluding carboxylic acids is 1. The molecule has 0 bridgehead atoms. The van der Waals surface area contributed by atoms with Crippen LogP contribution < -0.4 is 10.6 Å². The van der Waals surface area contributed by atoms with Gasteiger partial charge in [-0.2, -0.15) is 0 Å². The minimum Gasteiger partial charge on any atom is -0.394 e. The van der Waals surface area contributed by atoms with E-state index in [0.717, 1.165) is 22.4 Å². The summed E-state index contributed by atoms with van der Waals surface area (Å²) in [6.07, 6.45) is 0. The van der Waals surface area contributed by atoms with Gasteiger partial charge in [0.15, 0.2) is 0 Å². The molecule has 2 aromatic carbocycles. The van der Waals surface area contributed by atoms with Crippen LogP contribution in [0, 0.1) is 13.8 Å². The lowest BCUT2D eigenvalue weighted by atomic mass is 10.1. The molecule has 1 amide bonds. The van der Waals surface area contributed by atoms with E-state index in [9.17, 15) is 9.90 Å². The summed E-state index contributed by atoms with van der Waals surface area (Å²) in [5.74, 6) is -0.226. The molecule has 1 atom stereocenters. The van der Waals surface area contributed by atoms with Gasteiger partial charge in [0, 0.05) is 12.2 Å². The van der Waals surface area contributed by atoms with Crippen molar-refractivity contribution in [3.63, 3.8) is 0 Å². The zero-order valence-electron chi connectivity index (χ0n) is 13.0. The molecule has 2 aromatic rings. The number of hydrogen-bond acceptors (Lipinski definition) is 3. The third-order valence-corrected chi connectivity index (χ3v) is 3.62. The molecule has 0 fully saturated rings. The van der Waals surface area contributed by atoms with Gasteiger partial charge in [-0.3, -0.25) is 10.1 Å². The van der Waals surface area contributed by atoms with Crippen LogP contribution in [0.4, 0.5) is 5.69 Å². The number of carbonyl (C=O) groups is 1. The van der Waals surface area contributed by atoms with Crippen molar-refractivity contribution in [2.24, 2.45) is 0 Å². The molecule has 4 heteroatoms. The van der Waals surface area contributed by atoms with Crippen LogP contribution in [0.3, 0.4) is 0 Å². The molecule has 22 heavy (non-hydrogen) atoms. The highest BCUT2D eigenvalue weighted by Gasteiger charge is 2.18. The predicted molar refractivity (Wildman–Crippen MR) is 88.7 cm³/mol. The molecule has 0 saturated heterocycles. The zero-order valence-corrected chi connectivity index (χ0v) is 13.0. The fourth-order valence-electron chi connectivity index (χ4n) is 2.30. The maximum absolute atomic E-state index is 12.3. The van der Waals surface area contributed by atoms with Crippen molar-refractivity contribution in [1.82, 2.24) is 5.32 Å². The summed E-state index contributed by atoms with van der Waals surface area (Å²) in [6, 6.07) is 15.0. The molecule has 0 aliphatic heterocycles. The normalized spacial score (nSPS) is 12.0. The van der Waals surface area contributed by atoms with E-state index in [1.807, 2.05) is 62.4 Å². The van der Waals surface area contributed by atoms with Gasteiger partial charge < -0.3 is 10.4 Å². The number of anilines is 1. The van der Waals surface area contributed by atoms with E-state index >= 15 is 0 Å². The van der Waals surface area contributed by atoms with Gasteiger partial charge in [0.05, 0.1) is 6.61 Å². The van der Waals surface area contributed by atoms with Crippen molar-refractivity contribution in [2.75, 3.05) is 11.9 Å². The number of nitrogens with one attached hydrogen (secondary N) is 2. The molecule has 0 heterocycles. The largest absolute Gasteiger partial charge is 0.394 e. The molecule has 4 nitrogen and oxygen atoms in total. The first-order chi connectivity index (χ1) is 10.6. The number of aliphatic hydroxyl groups is 1. The average molecular weight is 298 g/mol. The summed E-state index contributed by atoms with van der Waals surface area (Å²) < 4.78 is 0. The van der Waals surface area contributed by atoms with Crippen molar-refractivity contribution in [3.8, 4) is 0 Å². The first kappa shape index (κ1) is 16.2. The van der Waals surface area contributed by atoms with E-state index in [1.54, 1.807) is 0 Å². The summed E-state index contributed by atoms with van der Waals surface area (Å²) in [5, 5.41) is 15.5. The monoisotopic (exact) mass is 298 g/mol. The Morgan fingerprint density at radius 1 is 1.05 bits per heavy atom. The van der Waals surface area contributed by atoms with Crippen LogP contribution in [-0.4, -0.2) is 23.7 Å². The lowest BCUT2D eigenvalue weighted by Crippen LogP contribution is -2.43. The van der Waals surface area contributed by atoms with E-state index in [2.05, 4.69) is 10.6 Å². The summed E-state index contributed by atoms with van der Waals surface area (Å²) in [6.45, 7) is 4.19. The van der Waals surface area contributed by atoms with E-state index in [0.29, 0.717) is 6.54 Å². The van der Waals surface area contributed by atoms with Crippen molar-refractivity contribution in [2.45, 2.75) is 26.4 Å². The topological polar surface area (TPSA) is 61.4 Å². The summed E-state index contributed by atoms with van der Waals surface area (Å²) in [5.41, 5.74) is 3.90. The third kappa shape index (κ3) is 4.16. The number of rotatable bonds is 6. The zero-order chi connectivity index (χ0) is 15.9. The third-order valence-electron chi connectivity index (χ3n) is 3.62.